The minimum absolute atomic E-state index is 0.170. The first-order valence-electron chi connectivity index (χ1n) is 10.9. The molecule has 184 valence electrons. The lowest BCUT2D eigenvalue weighted by molar-refractivity contribution is -0.122. The van der Waals surface area contributed by atoms with Crippen molar-refractivity contribution in [2.45, 2.75) is 20.5 Å². The number of methoxy groups -OCH3 is 1. The van der Waals surface area contributed by atoms with Crippen LogP contribution in [0, 0.1) is 19.7 Å². The number of imide groups is 2. The van der Waals surface area contributed by atoms with Crippen molar-refractivity contribution >= 4 is 45.5 Å². The second-order valence-electron chi connectivity index (χ2n) is 8.25. The Balaban J connectivity index is 1.65. The molecule has 0 aliphatic carbocycles. The molecule has 1 heterocycles. The Kier molecular flexibility index (Phi) is 7.21. The number of aryl methyl sites for hydroxylation is 2. The Bertz CT molecular complexity index is 1380. The highest BCUT2D eigenvalue weighted by molar-refractivity contribution is 9.10. The Hall–Kier alpha value is -3.98. The number of nitrogens with one attached hydrogen (secondary N) is 1. The van der Waals surface area contributed by atoms with E-state index < -0.39 is 17.8 Å². The van der Waals surface area contributed by atoms with E-state index in [9.17, 15) is 18.8 Å². The summed E-state index contributed by atoms with van der Waals surface area (Å²) in [6.45, 7) is 3.88. The molecule has 0 aromatic heterocycles. The summed E-state index contributed by atoms with van der Waals surface area (Å²) in [6.07, 6.45) is 1.39. The van der Waals surface area contributed by atoms with Crippen molar-refractivity contribution in [2.75, 3.05) is 12.0 Å². The molecule has 1 aliphatic heterocycles. The monoisotopic (exact) mass is 552 g/mol. The summed E-state index contributed by atoms with van der Waals surface area (Å²) in [5.41, 5.74) is 3.15. The number of urea groups is 1. The molecule has 1 saturated heterocycles. The minimum Gasteiger partial charge on any atom is -0.493 e. The van der Waals surface area contributed by atoms with E-state index in [0.29, 0.717) is 27.2 Å². The van der Waals surface area contributed by atoms with Gasteiger partial charge < -0.3 is 9.47 Å². The van der Waals surface area contributed by atoms with Crippen LogP contribution in [-0.4, -0.2) is 25.0 Å². The van der Waals surface area contributed by atoms with E-state index in [-0.39, 0.29) is 18.0 Å². The maximum Gasteiger partial charge on any atom is 0.335 e. The van der Waals surface area contributed by atoms with Crippen molar-refractivity contribution in [3.63, 3.8) is 0 Å². The van der Waals surface area contributed by atoms with Gasteiger partial charge in [-0.1, -0.05) is 18.2 Å². The lowest BCUT2D eigenvalue weighted by Gasteiger charge is -2.27. The van der Waals surface area contributed by atoms with Gasteiger partial charge in [-0.2, -0.15) is 0 Å². The number of carbonyl (C=O) groups is 3. The van der Waals surface area contributed by atoms with Crippen LogP contribution in [-0.2, 0) is 16.2 Å². The van der Waals surface area contributed by atoms with Crippen LogP contribution in [0.3, 0.4) is 0 Å². The Morgan fingerprint density at radius 1 is 1.00 bits per heavy atom. The number of hydrogen-bond acceptors (Lipinski definition) is 5. The maximum absolute atomic E-state index is 13.2. The second-order valence-corrected chi connectivity index (χ2v) is 9.11. The predicted octanol–water partition coefficient (Wildman–Crippen LogP) is 5.46. The first kappa shape index (κ1) is 25.1. The highest BCUT2D eigenvalue weighted by atomic mass is 79.9. The molecule has 0 bridgehead atoms. The van der Waals surface area contributed by atoms with Crippen molar-refractivity contribution in [3.8, 4) is 11.5 Å². The van der Waals surface area contributed by atoms with Crippen LogP contribution >= 0.6 is 15.9 Å². The zero-order valence-electron chi connectivity index (χ0n) is 19.7. The summed E-state index contributed by atoms with van der Waals surface area (Å²) >= 11 is 3.45. The molecular weight excluding hydrogens is 531 g/mol. The SMILES string of the molecule is COc1cc(/C=C2\C(=O)NC(=O)N(c3cc(C)cc(C)c3)C2=O)cc(Br)c1OCc1ccc(F)cc1. The summed E-state index contributed by atoms with van der Waals surface area (Å²) in [4.78, 5) is 39.3. The smallest absolute Gasteiger partial charge is 0.335 e. The van der Waals surface area contributed by atoms with E-state index in [1.807, 2.05) is 19.9 Å². The Morgan fingerprint density at radius 3 is 2.31 bits per heavy atom. The van der Waals surface area contributed by atoms with E-state index in [1.165, 1.54) is 25.3 Å². The minimum atomic E-state index is -0.810. The van der Waals surface area contributed by atoms with Crippen molar-refractivity contribution in [2.24, 2.45) is 0 Å². The van der Waals surface area contributed by atoms with E-state index in [1.54, 1.807) is 36.4 Å². The zero-order chi connectivity index (χ0) is 26.0. The number of barbiturate groups is 1. The number of hydrogen-bond donors (Lipinski definition) is 1. The van der Waals surface area contributed by atoms with Gasteiger partial charge in [-0.25, -0.2) is 14.1 Å². The van der Waals surface area contributed by atoms with Gasteiger partial charge in [0.05, 0.1) is 17.3 Å². The van der Waals surface area contributed by atoms with Gasteiger partial charge in [0.2, 0.25) is 0 Å². The molecule has 9 heteroatoms. The van der Waals surface area contributed by atoms with Crippen molar-refractivity contribution in [1.82, 2.24) is 5.32 Å². The van der Waals surface area contributed by atoms with Crippen LogP contribution < -0.4 is 19.7 Å². The van der Waals surface area contributed by atoms with Gasteiger partial charge in [-0.15, -0.1) is 0 Å². The number of rotatable bonds is 6. The first-order chi connectivity index (χ1) is 17.2. The molecule has 1 N–H and O–H groups in total. The summed E-state index contributed by atoms with van der Waals surface area (Å²) in [7, 11) is 1.46. The van der Waals surface area contributed by atoms with Gasteiger partial charge in [-0.3, -0.25) is 14.9 Å². The number of halogens is 2. The Labute approximate surface area is 215 Å². The van der Waals surface area contributed by atoms with E-state index >= 15 is 0 Å². The second kappa shape index (κ2) is 10.3. The highest BCUT2D eigenvalue weighted by Gasteiger charge is 2.37. The van der Waals surface area contributed by atoms with Crippen LogP contribution in [0.4, 0.5) is 14.9 Å². The average Bonchev–Trinajstić information content (AvgIpc) is 2.81. The van der Waals surface area contributed by atoms with Gasteiger partial charge in [0.1, 0.15) is 18.0 Å². The van der Waals surface area contributed by atoms with E-state index in [0.717, 1.165) is 21.6 Å². The number of anilines is 1. The van der Waals surface area contributed by atoms with E-state index in [4.69, 9.17) is 9.47 Å². The molecule has 7 nitrogen and oxygen atoms in total. The number of carbonyl (C=O) groups excluding carboxylic acids is 3. The average molecular weight is 553 g/mol. The number of amides is 4. The number of nitrogens with zero attached hydrogens (tertiary/aromatic N) is 1. The first-order valence-corrected chi connectivity index (χ1v) is 11.7. The number of benzene rings is 3. The molecule has 0 radical (unpaired) electrons. The normalized spacial score (nSPS) is 14.8. The van der Waals surface area contributed by atoms with Gasteiger partial charge in [0.25, 0.3) is 11.8 Å². The highest BCUT2D eigenvalue weighted by Crippen LogP contribution is 2.38. The van der Waals surface area contributed by atoms with Crippen molar-refractivity contribution in [1.29, 1.82) is 0 Å². The van der Waals surface area contributed by atoms with Gasteiger partial charge in [0.15, 0.2) is 11.5 Å². The van der Waals surface area contributed by atoms with Crippen LogP contribution in [0.2, 0.25) is 0 Å². The van der Waals surface area contributed by atoms with Gasteiger partial charge in [0, 0.05) is 0 Å². The predicted molar refractivity (Wildman–Crippen MR) is 136 cm³/mol. The zero-order valence-corrected chi connectivity index (χ0v) is 21.3. The lowest BCUT2D eigenvalue weighted by atomic mass is 10.0. The molecule has 0 unspecified atom stereocenters. The third-order valence-corrected chi connectivity index (χ3v) is 6.01. The molecule has 36 heavy (non-hydrogen) atoms. The third kappa shape index (κ3) is 5.31. The molecule has 0 saturated carbocycles. The third-order valence-electron chi connectivity index (χ3n) is 5.43. The summed E-state index contributed by atoms with van der Waals surface area (Å²) < 4.78 is 25.0. The van der Waals surface area contributed by atoms with Crippen LogP contribution in [0.5, 0.6) is 11.5 Å². The molecule has 1 aliphatic rings. The van der Waals surface area contributed by atoms with Gasteiger partial charge >= 0.3 is 6.03 Å². The number of ether oxygens (including phenoxy) is 2. The summed E-state index contributed by atoms with van der Waals surface area (Å²) in [5, 5.41) is 2.23. The standard InChI is InChI=1S/C27H22BrFN2O5/c1-15-8-16(2)10-20(9-15)31-26(33)21(25(32)30-27(31)34)11-18-12-22(28)24(23(13-18)35-3)36-14-17-4-6-19(29)7-5-17/h4-13H,14H2,1-3H3,(H,30,32,34)/b21-11+. The molecule has 3 aromatic carbocycles. The van der Waals surface area contributed by atoms with Crippen LogP contribution in [0.25, 0.3) is 6.08 Å². The molecule has 3 aromatic rings. The van der Waals surface area contributed by atoms with Crippen LogP contribution in [0.15, 0.2) is 64.6 Å². The maximum atomic E-state index is 13.2. The molecule has 0 atom stereocenters. The van der Waals surface area contributed by atoms with Crippen molar-refractivity contribution < 1.29 is 28.2 Å². The molecule has 1 fully saturated rings. The molecule has 0 spiro atoms. The topological polar surface area (TPSA) is 84.9 Å². The van der Waals surface area contributed by atoms with E-state index in [2.05, 4.69) is 21.2 Å². The largest absolute Gasteiger partial charge is 0.493 e. The lowest BCUT2D eigenvalue weighted by Crippen LogP contribution is -2.54. The molecular formula is C27H22BrFN2O5. The summed E-state index contributed by atoms with van der Waals surface area (Å²) in [6, 6.07) is 13.7. The van der Waals surface area contributed by atoms with Gasteiger partial charge in [-0.05, 0) is 94.5 Å². The molecule has 4 rings (SSSR count). The Morgan fingerprint density at radius 2 is 1.67 bits per heavy atom. The fourth-order valence-corrected chi connectivity index (χ4v) is 4.41. The fourth-order valence-electron chi connectivity index (χ4n) is 3.84. The van der Waals surface area contributed by atoms with Crippen LogP contribution in [0.1, 0.15) is 22.3 Å². The molecule has 4 amide bonds. The van der Waals surface area contributed by atoms with Crippen molar-refractivity contribution in [3.05, 3.63) is 92.7 Å². The summed E-state index contributed by atoms with van der Waals surface area (Å²) in [5.74, 6) is -1.12. The fraction of sp³-hybridized carbons (Fsp3) is 0.148. The quantitative estimate of drug-likeness (QED) is 0.324.